The first-order chi connectivity index (χ1) is 10.3. The lowest BCUT2D eigenvalue weighted by Gasteiger charge is -2.07. The molecule has 0 aliphatic heterocycles. The van der Waals surface area contributed by atoms with Crippen molar-refractivity contribution >= 4 is 17.5 Å². The molecule has 118 valence electrons. The Labute approximate surface area is 136 Å². The van der Waals surface area contributed by atoms with E-state index in [1.165, 1.54) is 11.8 Å². The maximum atomic E-state index is 12.5. The minimum Gasteiger partial charge on any atom is -0.349 e. The Bertz CT molecular complexity index is 696. The first-order valence-corrected chi connectivity index (χ1v) is 8.48. The van der Waals surface area contributed by atoms with Crippen LogP contribution in [0.5, 0.6) is 0 Å². The molecule has 0 N–H and O–H groups in total. The van der Waals surface area contributed by atoms with Crippen molar-refractivity contribution in [1.82, 2.24) is 14.5 Å². The van der Waals surface area contributed by atoms with Crippen LogP contribution in [0.15, 0.2) is 11.2 Å². The van der Waals surface area contributed by atoms with Gasteiger partial charge in [-0.2, -0.15) is 0 Å². The zero-order valence-electron chi connectivity index (χ0n) is 14.1. The molecule has 2 aromatic heterocycles. The molecule has 2 aromatic rings. The van der Waals surface area contributed by atoms with Crippen molar-refractivity contribution in [3.63, 3.8) is 0 Å². The van der Waals surface area contributed by atoms with E-state index >= 15 is 0 Å². The first kappa shape index (κ1) is 16.7. The topological polar surface area (TPSA) is 47.8 Å². The number of hydrogen-bond acceptors (Lipinski definition) is 4. The average Bonchev–Trinajstić information content (AvgIpc) is 2.76. The number of ketones is 1. The molecule has 2 heterocycles. The van der Waals surface area contributed by atoms with Crippen molar-refractivity contribution < 1.29 is 4.79 Å². The molecule has 0 aliphatic carbocycles. The van der Waals surface area contributed by atoms with Crippen LogP contribution in [0.25, 0.3) is 0 Å². The van der Waals surface area contributed by atoms with Gasteiger partial charge in [0.1, 0.15) is 0 Å². The molecule has 0 unspecified atom stereocenters. The normalized spacial score (nSPS) is 11.0. The van der Waals surface area contributed by atoms with Crippen LogP contribution in [0.1, 0.15) is 45.6 Å². The first-order valence-electron chi connectivity index (χ1n) is 7.49. The largest absolute Gasteiger partial charge is 0.349 e. The molecular weight excluding hydrogens is 294 g/mol. The molecule has 22 heavy (non-hydrogen) atoms. The number of hydrogen-bond donors (Lipinski definition) is 0. The summed E-state index contributed by atoms with van der Waals surface area (Å²) in [6.45, 7) is 13.0. The molecule has 0 fully saturated rings. The van der Waals surface area contributed by atoms with Crippen molar-refractivity contribution in [3.05, 3.63) is 40.0 Å². The third-order valence-electron chi connectivity index (χ3n) is 4.13. The summed E-state index contributed by atoms with van der Waals surface area (Å²) in [4.78, 5) is 21.4. The number of thioether (sulfide) groups is 1. The summed E-state index contributed by atoms with van der Waals surface area (Å²) in [5.41, 5.74) is 6.06. The van der Waals surface area contributed by atoms with Crippen LogP contribution in [-0.4, -0.2) is 26.1 Å². The van der Waals surface area contributed by atoms with Gasteiger partial charge in [0, 0.05) is 34.9 Å². The van der Waals surface area contributed by atoms with Crippen molar-refractivity contribution in [2.24, 2.45) is 0 Å². The van der Waals surface area contributed by atoms with Crippen LogP contribution < -0.4 is 0 Å². The van der Waals surface area contributed by atoms with Crippen molar-refractivity contribution in [2.75, 3.05) is 5.75 Å². The molecule has 0 spiro atoms. The molecule has 0 saturated heterocycles. The van der Waals surface area contributed by atoms with Gasteiger partial charge in [0.25, 0.3) is 0 Å². The van der Waals surface area contributed by atoms with E-state index in [-0.39, 0.29) is 5.78 Å². The quantitative estimate of drug-likeness (QED) is 0.478. The van der Waals surface area contributed by atoms with Crippen LogP contribution in [0.3, 0.4) is 0 Å². The fourth-order valence-electron chi connectivity index (χ4n) is 2.58. The van der Waals surface area contributed by atoms with Gasteiger partial charge in [-0.25, -0.2) is 9.97 Å². The molecule has 4 nitrogen and oxygen atoms in total. The molecule has 0 aliphatic rings. The Hall–Kier alpha value is -1.62. The average molecular weight is 317 g/mol. The second-order valence-corrected chi connectivity index (χ2v) is 6.49. The van der Waals surface area contributed by atoms with Gasteiger partial charge < -0.3 is 4.57 Å². The Morgan fingerprint density at radius 2 is 1.73 bits per heavy atom. The van der Waals surface area contributed by atoms with Crippen LogP contribution in [0.4, 0.5) is 0 Å². The van der Waals surface area contributed by atoms with Crippen LogP contribution in [0, 0.1) is 34.6 Å². The Balaban J connectivity index is 2.14. The van der Waals surface area contributed by atoms with Crippen molar-refractivity contribution in [3.8, 4) is 0 Å². The van der Waals surface area contributed by atoms with Gasteiger partial charge in [0.2, 0.25) is 0 Å². The summed E-state index contributed by atoms with van der Waals surface area (Å²) in [6.07, 6.45) is 0. The highest BCUT2D eigenvalue weighted by atomic mass is 32.2. The van der Waals surface area contributed by atoms with Gasteiger partial charge in [-0.3, -0.25) is 4.79 Å². The van der Waals surface area contributed by atoms with Gasteiger partial charge in [0.15, 0.2) is 10.9 Å². The molecule has 0 bridgehead atoms. The highest BCUT2D eigenvalue weighted by Gasteiger charge is 2.16. The highest BCUT2D eigenvalue weighted by Crippen LogP contribution is 2.21. The number of carbonyl (C=O) groups is 1. The second-order valence-electron chi connectivity index (χ2n) is 5.54. The molecule has 2 rings (SSSR count). The van der Waals surface area contributed by atoms with E-state index in [4.69, 9.17) is 0 Å². The van der Waals surface area contributed by atoms with Gasteiger partial charge in [0.05, 0.1) is 5.75 Å². The zero-order valence-corrected chi connectivity index (χ0v) is 15.0. The number of Topliss-reactive ketones (excluding diaryl/α,β-unsaturated/α-hetero) is 1. The fraction of sp³-hybridized carbons (Fsp3) is 0.471. The maximum Gasteiger partial charge on any atom is 0.188 e. The Morgan fingerprint density at radius 3 is 2.23 bits per heavy atom. The number of aromatic nitrogens is 3. The fourth-order valence-corrected chi connectivity index (χ4v) is 3.40. The lowest BCUT2D eigenvalue weighted by Crippen LogP contribution is -2.07. The second kappa shape index (κ2) is 6.65. The third-order valence-corrected chi connectivity index (χ3v) is 4.98. The molecule has 0 saturated carbocycles. The predicted molar refractivity (Wildman–Crippen MR) is 90.9 cm³/mol. The monoisotopic (exact) mass is 317 g/mol. The van der Waals surface area contributed by atoms with Crippen LogP contribution in [0.2, 0.25) is 0 Å². The summed E-state index contributed by atoms with van der Waals surface area (Å²) in [5.74, 6) is 0.507. The summed E-state index contributed by atoms with van der Waals surface area (Å²) in [5, 5.41) is 0.679. The Kier molecular flexibility index (Phi) is 5.06. The van der Waals surface area contributed by atoms with Gasteiger partial charge in [-0.1, -0.05) is 11.8 Å². The number of aryl methyl sites for hydroxylation is 3. The minimum absolute atomic E-state index is 0.136. The molecule has 0 aromatic carbocycles. The SMILES string of the molecule is CCn1c(C)cc(C(=O)CSc2nc(C)c(C)c(C)n2)c1C. The van der Waals surface area contributed by atoms with Crippen LogP contribution in [-0.2, 0) is 6.54 Å². The van der Waals surface area contributed by atoms with E-state index in [0.717, 1.165) is 40.4 Å². The molecule has 0 atom stereocenters. The van der Waals surface area contributed by atoms with E-state index in [1.807, 2.05) is 40.7 Å². The van der Waals surface area contributed by atoms with E-state index in [2.05, 4.69) is 21.5 Å². The van der Waals surface area contributed by atoms with Crippen molar-refractivity contribution in [2.45, 2.75) is 53.2 Å². The van der Waals surface area contributed by atoms with Crippen molar-refractivity contribution in [1.29, 1.82) is 0 Å². The van der Waals surface area contributed by atoms with E-state index in [0.29, 0.717) is 10.9 Å². The molecule has 5 heteroatoms. The van der Waals surface area contributed by atoms with Gasteiger partial charge in [-0.15, -0.1) is 0 Å². The molecule has 0 radical (unpaired) electrons. The van der Waals surface area contributed by atoms with Gasteiger partial charge >= 0.3 is 0 Å². The van der Waals surface area contributed by atoms with Crippen LogP contribution >= 0.6 is 11.8 Å². The molecular formula is C17H23N3OS. The summed E-state index contributed by atoms with van der Waals surface area (Å²) in [7, 11) is 0. The molecule has 0 amide bonds. The third kappa shape index (κ3) is 3.24. The minimum atomic E-state index is 0.136. The van der Waals surface area contributed by atoms with E-state index in [9.17, 15) is 4.79 Å². The summed E-state index contributed by atoms with van der Waals surface area (Å²) >= 11 is 1.41. The standard InChI is InChI=1S/C17H23N3OS/c1-7-20-10(2)8-15(14(20)6)16(21)9-22-17-18-12(4)11(3)13(5)19-17/h8H,7,9H2,1-6H3. The number of carbonyl (C=O) groups excluding carboxylic acids is 1. The number of nitrogens with zero attached hydrogens (tertiary/aromatic N) is 3. The smallest absolute Gasteiger partial charge is 0.188 e. The zero-order chi connectivity index (χ0) is 16.4. The number of rotatable bonds is 5. The van der Waals surface area contributed by atoms with Gasteiger partial charge in [-0.05, 0) is 53.2 Å². The Morgan fingerprint density at radius 1 is 1.14 bits per heavy atom. The van der Waals surface area contributed by atoms with E-state index in [1.54, 1.807) is 0 Å². The summed E-state index contributed by atoms with van der Waals surface area (Å²) < 4.78 is 2.16. The predicted octanol–water partition coefficient (Wildman–Crippen LogP) is 3.82. The maximum absolute atomic E-state index is 12.5. The lowest BCUT2D eigenvalue weighted by molar-refractivity contribution is 0.102. The summed E-state index contributed by atoms with van der Waals surface area (Å²) in [6, 6.07) is 1.98. The highest BCUT2D eigenvalue weighted by molar-refractivity contribution is 7.99. The lowest BCUT2D eigenvalue weighted by atomic mass is 10.2. The van der Waals surface area contributed by atoms with E-state index < -0.39 is 0 Å².